The molecule has 0 aromatic carbocycles. The van der Waals surface area contributed by atoms with Crippen LogP contribution in [0.5, 0.6) is 0 Å². The molecule has 4 unspecified atom stereocenters. The minimum absolute atomic E-state index is 0.139. The van der Waals surface area contributed by atoms with Crippen molar-refractivity contribution in [3.05, 3.63) is 23.8 Å². The second-order valence-electron chi connectivity index (χ2n) is 4.65. The molecule has 4 nitrogen and oxygen atoms in total. The van der Waals surface area contributed by atoms with E-state index in [9.17, 15) is 9.59 Å². The second-order valence-corrected chi connectivity index (χ2v) is 4.65. The summed E-state index contributed by atoms with van der Waals surface area (Å²) in [7, 11) is 0. The maximum absolute atomic E-state index is 11.4. The van der Waals surface area contributed by atoms with Crippen molar-refractivity contribution in [3.63, 3.8) is 0 Å². The van der Waals surface area contributed by atoms with Crippen LogP contribution in [0.3, 0.4) is 0 Å². The van der Waals surface area contributed by atoms with Crippen molar-refractivity contribution in [2.45, 2.75) is 25.6 Å². The Morgan fingerprint density at radius 3 is 3.06 bits per heavy atom. The molecule has 84 valence electrons. The van der Waals surface area contributed by atoms with Crippen molar-refractivity contribution >= 4 is 11.9 Å². The number of ether oxygens (including phenoxy) is 2. The van der Waals surface area contributed by atoms with E-state index < -0.39 is 5.97 Å². The van der Waals surface area contributed by atoms with Crippen molar-refractivity contribution in [2.24, 2.45) is 11.8 Å². The van der Waals surface area contributed by atoms with Crippen LogP contribution in [0.2, 0.25) is 0 Å². The summed E-state index contributed by atoms with van der Waals surface area (Å²) in [4.78, 5) is 22.9. The normalized spacial score (nSPS) is 38.3. The monoisotopic (exact) mass is 220 g/mol. The Morgan fingerprint density at radius 2 is 2.38 bits per heavy atom. The van der Waals surface area contributed by atoms with Crippen LogP contribution in [0.15, 0.2) is 23.8 Å². The van der Waals surface area contributed by atoms with Crippen LogP contribution in [0.4, 0.5) is 0 Å². The predicted molar refractivity (Wildman–Crippen MR) is 54.3 cm³/mol. The van der Waals surface area contributed by atoms with Gasteiger partial charge in [-0.25, -0.2) is 9.59 Å². The Bertz CT molecular complexity index is 434. The molecule has 1 saturated heterocycles. The first kappa shape index (κ1) is 9.63. The zero-order valence-corrected chi connectivity index (χ0v) is 8.93. The Balaban J connectivity index is 1.82. The molecule has 2 aliphatic carbocycles. The van der Waals surface area contributed by atoms with Gasteiger partial charge >= 0.3 is 11.9 Å². The lowest BCUT2D eigenvalue weighted by atomic mass is 9.97. The van der Waals surface area contributed by atoms with Crippen molar-refractivity contribution < 1.29 is 19.1 Å². The highest BCUT2D eigenvalue weighted by Gasteiger charge is 2.58. The fourth-order valence-corrected chi connectivity index (χ4v) is 2.79. The minimum Gasteiger partial charge on any atom is -0.454 e. The molecule has 1 aliphatic heterocycles. The topological polar surface area (TPSA) is 52.6 Å². The number of carbonyl (C=O) groups excluding carboxylic acids is 2. The lowest BCUT2D eigenvalue weighted by molar-refractivity contribution is -0.157. The molecule has 0 amide bonds. The van der Waals surface area contributed by atoms with E-state index in [0.717, 1.165) is 12.0 Å². The molecule has 2 fully saturated rings. The number of rotatable bonds is 2. The second kappa shape index (κ2) is 2.97. The molecule has 2 bridgehead atoms. The molecule has 0 N–H and O–H groups in total. The lowest BCUT2D eigenvalue weighted by Crippen LogP contribution is -2.34. The molecular weight excluding hydrogens is 208 g/mol. The Kier molecular flexibility index (Phi) is 1.79. The van der Waals surface area contributed by atoms with Gasteiger partial charge < -0.3 is 9.47 Å². The van der Waals surface area contributed by atoms with E-state index in [1.165, 1.54) is 0 Å². The van der Waals surface area contributed by atoms with Crippen molar-refractivity contribution in [3.8, 4) is 0 Å². The van der Waals surface area contributed by atoms with E-state index >= 15 is 0 Å². The van der Waals surface area contributed by atoms with E-state index in [1.807, 2.05) is 6.08 Å². The van der Waals surface area contributed by atoms with E-state index in [0.29, 0.717) is 5.57 Å². The average Bonchev–Trinajstić information content (AvgIpc) is 2.81. The number of fused-ring (bicyclic) bond motifs is 1. The summed E-state index contributed by atoms with van der Waals surface area (Å²) in [5, 5.41) is 0. The standard InChI is InChI=1S/C12H12O4/c1-5(2)11(13)15-9-6-3-7-8(4-6)12(14)16-10(7)9/h4,6-7,9-10H,1,3H2,2H3. The third-order valence-electron chi connectivity index (χ3n) is 3.53. The van der Waals surface area contributed by atoms with E-state index in [2.05, 4.69) is 6.58 Å². The molecular formula is C12H12O4. The summed E-state index contributed by atoms with van der Waals surface area (Å²) in [6.07, 6.45) is 2.18. The lowest BCUT2D eigenvalue weighted by Gasteiger charge is -2.22. The highest BCUT2D eigenvalue weighted by molar-refractivity contribution is 5.93. The molecule has 3 rings (SSSR count). The Morgan fingerprint density at radius 1 is 1.62 bits per heavy atom. The highest BCUT2D eigenvalue weighted by Crippen LogP contribution is 2.51. The van der Waals surface area contributed by atoms with Gasteiger partial charge in [-0.2, -0.15) is 0 Å². The quantitative estimate of drug-likeness (QED) is 0.514. The first-order valence-corrected chi connectivity index (χ1v) is 5.37. The summed E-state index contributed by atoms with van der Waals surface area (Å²) in [5.74, 6) is -0.373. The first-order valence-electron chi connectivity index (χ1n) is 5.37. The van der Waals surface area contributed by atoms with Gasteiger partial charge in [0.15, 0.2) is 0 Å². The van der Waals surface area contributed by atoms with Crippen LogP contribution in [0.1, 0.15) is 13.3 Å². The average molecular weight is 220 g/mol. The molecule has 1 heterocycles. The van der Waals surface area contributed by atoms with Gasteiger partial charge in [-0.15, -0.1) is 0 Å². The van der Waals surface area contributed by atoms with Crippen LogP contribution in [0.25, 0.3) is 0 Å². The van der Waals surface area contributed by atoms with Crippen LogP contribution < -0.4 is 0 Å². The number of hydrogen-bond acceptors (Lipinski definition) is 4. The molecule has 3 aliphatic rings. The van der Waals surface area contributed by atoms with Gasteiger partial charge in [0.1, 0.15) is 12.2 Å². The van der Waals surface area contributed by atoms with E-state index in [1.54, 1.807) is 6.92 Å². The molecule has 16 heavy (non-hydrogen) atoms. The van der Waals surface area contributed by atoms with Gasteiger partial charge in [-0.3, -0.25) is 0 Å². The fraction of sp³-hybridized carbons (Fsp3) is 0.500. The zero-order valence-electron chi connectivity index (χ0n) is 8.93. The maximum Gasteiger partial charge on any atom is 0.334 e. The smallest absolute Gasteiger partial charge is 0.334 e. The largest absolute Gasteiger partial charge is 0.454 e. The fourth-order valence-electron chi connectivity index (χ4n) is 2.79. The van der Waals surface area contributed by atoms with E-state index in [-0.39, 0.29) is 30.0 Å². The summed E-state index contributed by atoms with van der Waals surface area (Å²) in [5.41, 5.74) is 1.15. The summed E-state index contributed by atoms with van der Waals surface area (Å²) >= 11 is 0. The van der Waals surface area contributed by atoms with Gasteiger partial charge in [-0.1, -0.05) is 12.7 Å². The van der Waals surface area contributed by atoms with Gasteiger partial charge in [0, 0.05) is 23.0 Å². The van der Waals surface area contributed by atoms with Crippen LogP contribution in [-0.2, 0) is 19.1 Å². The molecule has 0 aromatic heterocycles. The SMILES string of the molecule is C=C(C)C(=O)OC1C2C=C3C(=O)OC1C3C2. The zero-order chi connectivity index (χ0) is 11.4. The van der Waals surface area contributed by atoms with Crippen molar-refractivity contribution in [2.75, 3.05) is 0 Å². The van der Waals surface area contributed by atoms with Gasteiger partial charge in [0.2, 0.25) is 0 Å². The van der Waals surface area contributed by atoms with Crippen LogP contribution in [0, 0.1) is 11.8 Å². The summed E-state index contributed by atoms with van der Waals surface area (Å²) in [6, 6.07) is 0. The van der Waals surface area contributed by atoms with Gasteiger partial charge in [-0.05, 0) is 13.3 Å². The summed E-state index contributed by atoms with van der Waals surface area (Å²) < 4.78 is 10.5. The predicted octanol–water partition coefficient (Wildman–Crippen LogP) is 0.976. The molecule has 4 heteroatoms. The molecule has 0 aromatic rings. The first-order chi connectivity index (χ1) is 7.58. The molecule has 4 atom stereocenters. The van der Waals surface area contributed by atoms with Gasteiger partial charge in [0.25, 0.3) is 0 Å². The molecule has 0 radical (unpaired) electrons. The van der Waals surface area contributed by atoms with Crippen LogP contribution in [-0.4, -0.2) is 24.1 Å². The highest BCUT2D eigenvalue weighted by atomic mass is 16.6. The van der Waals surface area contributed by atoms with Gasteiger partial charge in [0.05, 0.1) is 0 Å². The molecule has 1 saturated carbocycles. The summed E-state index contributed by atoms with van der Waals surface area (Å²) in [6.45, 7) is 5.15. The van der Waals surface area contributed by atoms with Crippen molar-refractivity contribution in [1.82, 2.24) is 0 Å². The third kappa shape index (κ3) is 1.10. The van der Waals surface area contributed by atoms with Crippen molar-refractivity contribution in [1.29, 1.82) is 0 Å². The number of esters is 2. The number of hydrogen-bond donors (Lipinski definition) is 0. The van der Waals surface area contributed by atoms with Crippen LogP contribution >= 0.6 is 0 Å². The Hall–Kier alpha value is -1.58. The number of carbonyl (C=O) groups is 2. The molecule has 0 spiro atoms. The maximum atomic E-state index is 11.4. The third-order valence-corrected chi connectivity index (χ3v) is 3.53. The Labute approximate surface area is 92.9 Å². The minimum atomic E-state index is -0.407. The van der Waals surface area contributed by atoms with E-state index in [4.69, 9.17) is 9.47 Å².